The highest BCUT2D eigenvalue weighted by atomic mass is 16.7. The third-order valence-corrected chi connectivity index (χ3v) is 27.7. The van der Waals surface area contributed by atoms with Gasteiger partial charge in [0.25, 0.3) is 0 Å². The SMILES string of the molecule is CC1(C)OC23CCC4C5(CCCC5)CCC45CCC2(C5)C(=O)OCC32C1C(=O)C(O)C1(C3CCCC(Cc4ccccc4)C3)C2CCC2(C)C(c3ccoc3CC(C(O)CO)C3CCC4C(C=CN5CNCC45)C3)OC(=O)C3OC321. The van der Waals surface area contributed by atoms with Gasteiger partial charge in [-0.2, -0.15) is 0 Å². The second-order valence-corrected chi connectivity index (χ2v) is 30.4. The van der Waals surface area contributed by atoms with Crippen LogP contribution in [0.2, 0.25) is 0 Å². The summed E-state index contributed by atoms with van der Waals surface area (Å²) in [7, 11) is 0. The molecule has 21 unspecified atom stereocenters. The van der Waals surface area contributed by atoms with Crippen molar-refractivity contribution in [2.75, 3.05) is 26.4 Å². The van der Waals surface area contributed by atoms with E-state index < -0.39 is 80.7 Å². The van der Waals surface area contributed by atoms with Gasteiger partial charge in [0.1, 0.15) is 30.2 Å². The third-order valence-electron chi connectivity index (χ3n) is 27.7. The molecule has 0 amide bonds. The van der Waals surface area contributed by atoms with E-state index in [2.05, 4.69) is 73.6 Å². The summed E-state index contributed by atoms with van der Waals surface area (Å²) < 4.78 is 35.8. The summed E-state index contributed by atoms with van der Waals surface area (Å²) in [6.45, 7) is 7.89. The Balaban J connectivity index is 0.834. The van der Waals surface area contributed by atoms with Gasteiger partial charge in [-0.1, -0.05) is 69.0 Å². The number of aliphatic hydroxyl groups is 3. The molecule has 13 fully saturated rings. The predicted molar refractivity (Wildman–Crippen MR) is 294 cm³/mol. The van der Waals surface area contributed by atoms with Gasteiger partial charge in [0.15, 0.2) is 11.9 Å². The van der Waals surface area contributed by atoms with E-state index in [1.807, 2.05) is 6.07 Å². The number of hydrogen-bond donors (Lipinski definition) is 4. The molecule has 8 saturated carbocycles. The molecule has 7 heterocycles. The molecule has 13 heteroatoms. The van der Waals surface area contributed by atoms with Gasteiger partial charge in [-0.25, -0.2) is 4.79 Å². The lowest BCUT2D eigenvalue weighted by atomic mass is 9.30. The second-order valence-electron chi connectivity index (χ2n) is 30.4. The fourth-order valence-electron chi connectivity index (χ4n) is 25.1. The maximum Gasteiger partial charge on any atom is 0.339 e. The second kappa shape index (κ2) is 17.5. The number of nitrogens with zero attached hydrogens (tertiary/aromatic N) is 1. The number of Topliss-reactive ketones (excluding diaryl/α,β-unsaturated/α-hetero) is 1. The topological polar surface area (TPSA) is 181 Å². The number of aliphatic hydroxyl groups excluding tert-OH is 3. The summed E-state index contributed by atoms with van der Waals surface area (Å²) in [6.07, 6.45) is 22.1. The van der Waals surface area contributed by atoms with Crippen molar-refractivity contribution in [3.63, 3.8) is 0 Å². The molecule has 1 aromatic carbocycles. The summed E-state index contributed by atoms with van der Waals surface area (Å²) in [6, 6.07) is 13.1. The molecular formula is C67H88N2O11. The number of ketones is 1. The zero-order valence-electron chi connectivity index (χ0n) is 47.7. The highest BCUT2D eigenvalue weighted by Gasteiger charge is 2.96. The zero-order valence-corrected chi connectivity index (χ0v) is 47.7. The number of carbonyl (C=O) groups is 3. The molecule has 4 N–H and O–H groups in total. The lowest BCUT2D eigenvalue weighted by Crippen LogP contribution is -2.82. The average molecular weight is 1100 g/mol. The first-order valence-electron chi connectivity index (χ1n) is 32.1. The van der Waals surface area contributed by atoms with Gasteiger partial charge >= 0.3 is 11.9 Å². The molecule has 6 aliphatic heterocycles. The van der Waals surface area contributed by atoms with Gasteiger partial charge in [0.2, 0.25) is 0 Å². The number of carbonyl (C=O) groups excluding carboxylic acids is 3. The van der Waals surface area contributed by atoms with Crippen LogP contribution in [0.15, 0.2) is 59.4 Å². The van der Waals surface area contributed by atoms with Gasteiger partial charge in [0.05, 0.1) is 53.6 Å². The van der Waals surface area contributed by atoms with Crippen LogP contribution in [-0.4, -0.2) is 106 Å². The fraction of sp³-hybridized carbons (Fsp3) is 0.776. The van der Waals surface area contributed by atoms with Gasteiger partial charge in [-0.15, -0.1) is 0 Å². The first-order chi connectivity index (χ1) is 38.6. The number of hydrogen-bond acceptors (Lipinski definition) is 13. The predicted octanol–water partition coefficient (Wildman–Crippen LogP) is 9.34. The molecular weight excluding hydrogens is 1010 g/mol. The molecule has 432 valence electrons. The van der Waals surface area contributed by atoms with E-state index in [9.17, 15) is 15.3 Å². The van der Waals surface area contributed by atoms with E-state index in [1.54, 1.807) is 6.26 Å². The molecule has 1 aromatic heterocycles. The van der Waals surface area contributed by atoms with E-state index in [0.29, 0.717) is 61.7 Å². The zero-order chi connectivity index (χ0) is 54.6. The Morgan fingerprint density at radius 3 is 2.46 bits per heavy atom. The van der Waals surface area contributed by atoms with Gasteiger partial charge in [0, 0.05) is 35.4 Å². The smallest absolute Gasteiger partial charge is 0.339 e. The summed E-state index contributed by atoms with van der Waals surface area (Å²) >= 11 is 0. The highest BCUT2D eigenvalue weighted by molar-refractivity contribution is 5.93. The minimum atomic E-state index is -1.49. The molecule has 0 radical (unpaired) electrons. The minimum absolute atomic E-state index is 0.0190. The molecule has 13 nitrogen and oxygen atoms in total. The van der Waals surface area contributed by atoms with Crippen molar-refractivity contribution in [1.82, 2.24) is 10.2 Å². The Bertz CT molecular complexity index is 2880. The number of allylic oxidation sites excluding steroid dienone is 1. The van der Waals surface area contributed by atoms with Crippen LogP contribution in [0.3, 0.4) is 0 Å². The van der Waals surface area contributed by atoms with E-state index >= 15 is 14.4 Å². The lowest BCUT2D eigenvalue weighted by molar-refractivity contribution is -0.308. The standard InChI is InChI=1S/C67H88N2O11/c1-59(2)53-52(72)54(73)66(43-13-9-12-40(31-43)30-39-10-5-4-6-11-39)51(64(53)37-77-58(75)63-27-26-62(36-63)25-24-61(20-7-8-21-61)50(62)17-23-65(63,64)80-59)16-22-60(3)55(78-57(74)56-67(60,66)79-56)45-19-29-76-49(45)33-46(48(71)35-70)41-14-15-44-42(32-41)18-28-69-38-68-34-47(44)69/h4-6,10-11,18-19,28-29,40-44,46-48,50-51,53-56,68,70-71,73H,7-9,12-17,20-27,30-38H2,1-3H3. The van der Waals surface area contributed by atoms with Crippen LogP contribution in [0, 0.1) is 85.8 Å². The van der Waals surface area contributed by atoms with Crippen LogP contribution >= 0.6 is 0 Å². The number of rotatable bonds is 9. The number of epoxide rings is 1. The number of ether oxygens (including phenoxy) is 4. The summed E-state index contributed by atoms with van der Waals surface area (Å²) in [4.78, 5) is 50.2. The van der Waals surface area contributed by atoms with Gasteiger partial charge in [-0.3, -0.25) is 14.9 Å². The van der Waals surface area contributed by atoms with Crippen LogP contribution in [0.4, 0.5) is 0 Å². The van der Waals surface area contributed by atoms with Crippen molar-refractivity contribution in [1.29, 1.82) is 0 Å². The van der Waals surface area contributed by atoms with E-state index in [4.69, 9.17) is 23.4 Å². The molecule has 80 heavy (non-hydrogen) atoms. The number of cyclic esters (lactones) is 2. The maximum atomic E-state index is 16.8. The van der Waals surface area contributed by atoms with E-state index in [1.165, 1.54) is 37.7 Å². The average Bonchev–Trinajstić information content (AvgIpc) is 3.21. The maximum absolute atomic E-state index is 16.8. The largest absolute Gasteiger partial charge is 0.469 e. The van der Waals surface area contributed by atoms with Crippen molar-refractivity contribution in [2.24, 2.45) is 85.8 Å². The van der Waals surface area contributed by atoms with Crippen LogP contribution < -0.4 is 5.32 Å². The van der Waals surface area contributed by atoms with E-state index in [0.717, 1.165) is 95.8 Å². The lowest BCUT2D eigenvalue weighted by Gasteiger charge is -2.72. The van der Waals surface area contributed by atoms with Crippen LogP contribution in [0.25, 0.3) is 0 Å². The number of fused-ring (bicyclic) bond motifs is 5. The Hall–Kier alpha value is -3.59. The summed E-state index contributed by atoms with van der Waals surface area (Å²) in [5.74, 6) is -0.154. The molecule has 14 aliphatic rings. The van der Waals surface area contributed by atoms with Crippen LogP contribution in [0.1, 0.15) is 172 Å². The fourth-order valence-corrected chi connectivity index (χ4v) is 25.1. The van der Waals surface area contributed by atoms with Crippen molar-refractivity contribution in [2.45, 2.75) is 209 Å². The highest BCUT2D eigenvalue weighted by Crippen LogP contribution is 2.87. The van der Waals surface area contributed by atoms with Gasteiger partial charge in [-0.05, 0) is 199 Å². The van der Waals surface area contributed by atoms with Gasteiger partial charge < -0.3 is 43.6 Å². The van der Waals surface area contributed by atoms with E-state index in [-0.39, 0.29) is 59.5 Å². The minimum Gasteiger partial charge on any atom is -0.469 e. The molecule has 8 aliphatic carbocycles. The Morgan fingerprint density at radius 1 is 0.838 bits per heavy atom. The van der Waals surface area contributed by atoms with Crippen molar-refractivity contribution >= 4 is 17.7 Å². The first-order valence-corrected chi connectivity index (χ1v) is 32.1. The van der Waals surface area contributed by atoms with Crippen LogP contribution in [-0.2, 0) is 46.2 Å². The number of furan rings is 1. The molecule has 2 bridgehead atoms. The number of esters is 2. The Morgan fingerprint density at radius 2 is 1.64 bits per heavy atom. The quantitative estimate of drug-likeness (QED) is 0.138. The third kappa shape index (κ3) is 6.29. The van der Waals surface area contributed by atoms with Crippen molar-refractivity contribution in [3.8, 4) is 0 Å². The van der Waals surface area contributed by atoms with Crippen molar-refractivity contribution < 1.29 is 53.1 Å². The molecule has 6 spiro atoms. The monoisotopic (exact) mass is 1100 g/mol. The molecule has 16 rings (SSSR count). The normalized spacial score (nSPS) is 49.4. The number of nitrogens with one attached hydrogen (secondary N) is 1. The molecule has 2 aromatic rings. The summed E-state index contributed by atoms with van der Waals surface area (Å²) in [5, 5.41) is 40.3. The molecule has 5 saturated heterocycles. The van der Waals surface area contributed by atoms with Crippen LogP contribution in [0.5, 0.6) is 0 Å². The summed E-state index contributed by atoms with van der Waals surface area (Å²) in [5.41, 5.74) is -5.29. The van der Waals surface area contributed by atoms with Crippen molar-refractivity contribution in [3.05, 3.63) is 71.8 Å². The molecule has 21 atom stereocenters. The Kier molecular flexibility index (Phi) is 11.4. The number of benzene rings is 1. The Labute approximate surface area is 472 Å². The first kappa shape index (κ1) is 52.0.